The van der Waals surface area contributed by atoms with Gasteiger partial charge >= 0.3 is 0 Å². The third-order valence-corrected chi connectivity index (χ3v) is 8.03. The van der Waals surface area contributed by atoms with E-state index in [4.69, 9.17) is 9.47 Å². The summed E-state index contributed by atoms with van der Waals surface area (Å²) in [5.41, 5.74) is 1.14. The van der Waals surface area contributed by atoms with Crippen LogP contribution in [0.5, 0.6) is 11.5 Å². The molecule has 0 bridgehead atoms. The van der Waals surface area contributed by atoms with Gasteiger partial charge < -0.3 is 19.7 Å². The predicted octanol–water partition coefficient (Wildman–Crippen LogP) is 3.73. The molecular weight excluding hydrogens is 506 g/mol. The Kier molecular flexibility index (Phi) is 10.4. The Morgan fingerprint density at radius 3 is 2.00 bits per heavy atom. The molecule has 0 heterocycles. The van der Waals surface area contributed by atoms with Gasteiger partial charge in [-0.1, -0.05) is 38.3 Å². The standard InChI is InChI=1S/C28H39N3O6S/c1-5-26(28(33)29-22-9-7-6-8-10-22)30(19-21-11-15-24(36-2)16-12-21)27(32)20-31(38(4,34)35)23-13-17-25(37-3)18-14-23/h11-18,22,26H,5-10,19-20H2,1-4H3,(H,29,33)/t26-/m0/s1. The Balaban J connectivity index is 1.90. The molecule has 2 aromatic rings. The van der Waals surface area contributed by atoms with Crippen molar-refractivity contribution >= 4 is 27.5 Å². The van der Waals surface area contributed by atoms with Gasteiger partial charge in [0, 0.05) is 12.6 Å². The van der Waals surface area contributed by atoms with E-state index in [-0.39, 0.29) is 18.5 Å². The van der Waals surface area contributed by atoms with Gasteiger partial charge in [-0.15, -0.1) is 0 Å². The summed E-state index contributed by atoms with van der Waals surface area (Å²) >= 11 is 0. The number of nitrogens with zero attached hydrogens (tertiary/aromatic N) is 2. The van der Waals surface area contributed by atoms with Gasteiger partial charge in [0.05, 0.1) is 26.2 Å². The van der Waals surface area contributed by atoms with Crippen molar-refractivity contribution in [1.29, 1.82) is 0 Å². The molecule has 0 spiro atoms. The summed E-state index contributed by atoms with van der Waals surface area (Å²) in [6, 6.07) is 13.1. The largest absolute Gasteiger partial charge is 0.497 e. The molecule has 9 nitrogen and oxygen atoms in total. The molecule has 1 aliphatic carbocycles. The molecule has 1 atom stereocenters. The van der Waals surface area contributed by atoms with Gasteiger partial charge in [0.2, 0.25) is 21.8 Å². The van der Waals surface area contributed by atoms with Gasteiger partial charge in [-0.25, -0.2) is 8.42 Å². The highest BCUT2D eigenvalue weighted by molar-refractivity contribution is 7.92. The molecule has 0 aromatic heterocycles. The van der Waals surface area contributed by atoms with Crippen LogP contribution in [0.1, 0.15) is 51.0 Å². The smallest absolute Gasteiger partial charge is 0.244 e. The highest BCUT2D eigenvalue weighted by atomic mass is 32.2. The zero-order valence-electron chi connectivity index (χ0n) is 22.7. The molecule has 0 saturated heterocycles. The lowest BCUT2D eigenvalue weighted by Crippen LogP contribution is -2.53. The molecule has 208 valence electrons. The number of ether oxygens (including phenoxy) is 2. The minimum Gasteiger partial charge on any atom is -0.497 e. The number of rotatable bonds is 12. The first-order chi connectivity index (χ1) is 18.2. The van der Waals surface area contributed by atoms with E-state index < -0.39 is 28.5 Å². The summed E-state index contributed by atoms with van der Waals surface area (Å²) in [6.07, 6.45) is 6.61. The number of methoxy groups -OCH3 is 2. The Morgan fingerprint density at radius 1 is 0.947 bits per heavy atom. The maximum absolute atomic E-state index is 13.8. The number of hydrogen-bond donors (Lipinski definition) is 1. The van der Waals surface area contributed by atoms with Crippen molar-refractivity contribution in [2.45, 2.75) is 64.1 Å². The Morgan fingerprint density at radius 2 is 1.50 bits per heavy atom. The molecule has 38 heavy (non-hydrogen) atoms. The monoisotopic (exact) mass is 545 g/mol. The van der Waals surface area contributed by atoms with Crippen LogP contribution in [0.4, 0.5) is 5.69 Å². The lowest BCUT2D eigenvalue weighted by Gasteiger charge is -2.34. The quantitative estimate of drug-likeness (QED) is 0.436. The van der Waals surface area contributed by atoms with Crippen LogP contribution in [0.15, 0.2) is 48.5 Å². The fraction of sp³-hybridized carbons (Fsp3) is 0.500. The number of hydrogen-bond acceptors (Lipinski definition) is 6. The molecule has 3 rings (SSSR count). The number of sulfonamides is 1. The third kappa shape index (κ3) is 7.86. The maximum Gasteiger partial charge on any atom is 0.244 e. The molecule has 0 radical (unpaired) electrons. The minimum atomic E-state index is -3.80. The van der Waals surface area contributed by atoms with Gasteiger partial charge in [0.1, 0.15) is 24.1 Å². The summed E-state index contributed by atoms with van der Waals surface area (Å²) in [5.74, 6) is 0.570. The molecular formula is C28H39N3O6S. The fourth-order valence-electron chi connectivity index (χ4n) is 4.75. The summed E-state index contributed by atoms with van der Waals surface area (Å²) < 4.78 is 37.0. The Labute approximate surface area is 226 Å². The molecule has 1 saturated carbocycles. The van der Waals surface area contributed by atoms with Crippen LogP contribution in [0.2, 0.25) is 0 Å². The predicted molar refractivity (Wildman–Crippen MR) is 148 cm³/mol. The molecule has 0 unspecified atom stereocenters. The van der Waals surface area contributed by atoms with Crippen molar-refractivity contribution in [2.75, 3.05) is 31.3 Å². The van der Waals surface area contributed by atoms with Gasteiger partial charge in [0.15, 0.2) is 0 Å². The second kappa shape index (κ2) is 13.5. The minimum absolute atomic E-state index is 0.0926. The summed E-state index contributed by atoms with van der Waals surface area (Å²) in [5, 5.41) is 3.14. The molecule has 1 aliphatic rings. The third-order valence-electron chi connectivity index (χ3n) is 6.89. The zero-order valence-corrected chi connectivity index (χ0v) is 23.5. The number of amides is 2. The topological polar surface area (TPSA) is 105 Å². The van der Waals surface area contributed by atoms with E-state index in [1.54, 1.807) is 43.5 Å². The van der Waals surface area contributed by atoms with Crippen LogP contribution in [0, 0.1) is 0 Å². The molecule has 2 aromatic carbocycles. The van der Waals surface area contributed by atoms with E-state index in [0.717, 1.165) is 41.8 Å². The normalized spacial score (nSPS) is 14.8. The van der Waals surface area contributed by atoms with Gasteiger partial charge in [-0.3, -0.25) is 13.9 Å². The average Bonchev–Trinajstić information content (AvgIpc) is 2.92. The van der Waals surface area contributed by atoms with Crippen molar-refractivity contribution in [3.05, 3.63) is 54.1 Å². The second-order valence-electron chi connectivity index (χ2n) is 9.60. The van der Waals surface area contributed by atoms with Crippen LogP contribution in [0.25, 0.3) is 0 Å². The number of benzene rings is 2. The maximum atomic E-state index is 13.8. The SMILES string of the molecule is CC[C@@H](C(=O)NC1CCCCC1)N(Cc1ccc(OC)cc1)C(=O)CN(c1ccc(OC)cc1)S(C)(=O)=O. The van der Waals surface area contributed by atoms with Crippen LogP contribution < -0.4 is 19.1 Å². The first-order valence-corrected chi connectivity index (χ1v) is 14.9. The van der Waals surface area contributed by atoms with Crippen molar-refractivity contribution in [2.24, 2.45) is 0 Å². The van der Waals surface area contributed by atoms with Gasteiger partial charge in [-0.05, 0) is 61.2 Å². The highest BCUT2D eigenvalue weighted by Gasteiger charge is 2.32. The summed E-state index contributed by atoms with van der Waals surface area (Å²) in [6.45, 7) is 1.57. The van der Waals surface area contributed by atoms with E-state index in [9.17, 15) is 18.0 Å². The van der Waals surface area contributed by atoms with Gasteiger partial charge in [0.25, 0.3) is 0 Å². The zero-order chi connectivity index (χ0) is 27.7. The fourth-order valence-corrected chi connectivity index (χ4v) is 5.60. The molecule has 10 heteroatoms. The summed E-state index contributed by atoms with van der Waals surface area (Å²) in [7, 11) is -0.699. The lowest BCUT2D eigenvalue weighted by molar-refractivity contribution is -0.140. The number of carbonyl (C=O) groups is 2. The van der Waals surface area contributed by atoms with E-state index in [2.05, 4.69) is 5.32 Å². The van der Waals surface area contributed by atoms with Crippen LogP contribution in [0.3, 0.4) is 0 Å². The number of carbonyl (C=O) groups excluding carboxylic acids is 2. The van der Waals surface area contributed by atoms with Crippen LogP contribution >= 0.6 is 0 Å². The van der Waals surface area contributed by atoms with Crippen molar-refractivity contribution in [3.8, 4) is 11.5 Å². The number of anilines is 1. The van der Waals surface area contributed by atoms with Crippen LogP contribution in [-0.4, -0.2) is 64.2 Å². The van der Waals surface area contributed by atoms with E-state index in [1.807, 2.05) is 19.1 Å². The summed E-state index contributed by atoms with van der Waals surface area (Å²) in [4.78, 5) is 28.7. The van der Waals surface area contributed by atoms with Crippen molar-refractivity contribution in [1.82, 2.24) is 10.2 Å². The molecule has 0 aliphatic heterocycles. The Hall–Kier alpha value is -3.27. The van der Waals surface area contributed by atoms with Crippen molar-refractivity contribution in [3.63, 3.8) is 0 Å². The van der Waals surface area contributed by atoms with Crippen LogP contribution in [-0.2, 0) is 26.2 Å². The lowest BCUT2D eigenvalue weighted by atomic mass is 9.95. The van der Waals surface area contributed by atoms with E-state index >= 15 is 0 Å². The molecule has 1 N–H and O–H groups in total. The first-order valence-electron chi connectivity index (χ1n) is 13.0. The van der Waals surface area contributed by atoms with E-state index in [1.165, 1.54) is 18.4 Å². The average molecular weight is 546 g/mol. The highest BCUT2D eigenvalue weighted by Crippen LogP contribution is 2.24. The Bertz CT molecular complexity index is 1160. The second-order valence-corrected chi connectivity index (χ2v) is 11.5. The first kappa shape index (κ1) is 29.3. The number of nitrogens with one attached hydrogen (secondary N) is 1. The molecule has 2 amide bonds. The van der Waals surface area contributed by atoms with E-state index in [0.29, 0.717) is 23.6 Å². The van der Waals surface area contributed by atoms with Crippen molar-refractivity contribution < 1.29 is 27.5 Å². The van der Waals surface area contributed by atoms with Gasteiger partial charge in [-0.2, -0.15) is 0 Å². The molecule has 1 fully saturated rings.